The number of hydrogen-bond acceptors (Lipinski definition) is 5. The van der Waals surface area contributed by atoms with Crippen molar-refractivity contribution in [2.24, 2.45) is 0 Å². The SMILES string of the molecule is Cc1cc(=O)oc2ccc(OCC(=O)N3CC(C)N(Cc4ccc(F)cc4)CC3C)cc12. The molecule has 32 heavy (non-hydrogen) atoms. The second kappa shape index (κ2) is 9.12. The topological polar surface area (TPSA) is 63.0 Å². The van der Waals surface area contributed by atoms with Gasteiger partial charge in [-0.3, -0.25) is 9.69 Å². The maximum Gasteiger partial charge on any atom is 0.336 e. The molecule has 0 saturated carbocycles. The number of aryl methyl sites for hydroxylation is 1. The molecular weight excluding hydrogens is 411 g/mol. The Morgan fingerprint density at radius 2 is 1.84 bits per heavy atom. The summed E-state index contributed by atoms with van der Waals surface area (Å²) < 4.78 is 24.1. The Bertz CT molecular complexity index is 1170. The largest absolute Gasteiger partial charge is 0.484 e. The van der Waals surface area contributed by atoms with Crippen molar-refractivity contribution in [1.29, 1.82) is 0 Å². The molecule has 0 radical (unpaired) electrons. The summed E-state index contributed by atoms with van der Waals surface area (Å²) in [7, 11) is 0. The molecule has 3 aromatic rings. The summed E-state index contributed by atoms with van der Waals surface area (Å²) in [4.78, 5) is 28.6. The van der Waals surface area contributed by atoms with Gasteiger partial charge in [0.2, 0.25) is 0 Å². The van der Waals surface area contributed by atoms with Crippen molar-refractivity contribution >= 4 is 16.9 Å². The predicted octanol–water partition coefficient (Wildman–Crippen LogP) is 3.74. The van der Waals surface area contributed by atoms with E-state index in [1.54, 1.807) is 30.3 Å². The number of carbonyl (C=O) groups excluding carboxylic acids is 1. The van der Waals surface area contributed by atoms with Crippen molar-refractivity contribution in [1.82, 2.24) is 9.80 Å². The molecule has 2 heterocycles. The van der Waals surface area contributed by atoms with Gasteiger partial charge in [-0.25, -0.2) is 9.18 Å². The zero-order chi connectivity index (χ0) is 22.8. The van der Waals surface area contributed by atoms with Gasteiger partial charge in [-0.15, -0.1) is 0 Å². The minimum atomic E-state index is -0.388. The Kier molecular flexibility index (Phi) is 6.28. The minimum Gasteiger partial charge on any atom is -0.484 e. The van der Waals surface area contributed by atoms with Crippen LogP contribution in [0.2, 0.25) is 0 Å². The van der Waals surface area contributed by atoms with E-state index in [-0.39, 0.29) is 36.0 Å². The molecule has 0 aliphatic carbocycles. The van der Waals surface area contributed by atoms with Crippen LogP contribution in [0.4, 0.5) is 4.39 Å². The molecule has 6 nitrogen and oxygen atoms in total. The van der Waals surface area contributed by atoms with Crippen LogP contribution in [0.25, 0.3) is 11.0 Å². The third kappa shape index (κ3) is 4.83. The molecule has 0 spiro atoms. The second-order valence-electron chi connectivity index (χ2n) is 8.50. The first kappa shape index (κ1) is 22.0. The molecule has 1 saturated heterocycles. The Labute approximate surface area is 186 Å². The van der Waals surface area contributed by atoms with E-state index in [4.69, 9.17) is 9.15 Å². The number of carbonyl (C=O) groups is 1. The first-order valence-electron chi connectivity index (χ1n) is 10.8. The predicted molar refractivity (Wildman–Crippen MR) is 120 cm³/mol. The first-order chi connectivity index (χ1) is 15.3. The molecule has 1 amide bonds. The average molecular weight is 438 g/mol. The second-order valence-corrected chi connectivity index (χ2v) is 8.50. The minimum absolute atomic E-state index is 0.0378. The van der Waals surface area contributed by atoms with E-state index < -0.39 is 0 Å². The van der Waals surface area contributed by atoms with Gasteiger partial charge in [-0.2, -0.15) is 0 Å². The van der Waals surface area contributed by atoms with Crippen molar-refractivity contribution in [3.8, 4) is 5.75 Å². The summed E-state index contributed by atoms with van der Waals surface area (Å²) in [5, 5.41) is 0.783. The van der Waals surface area contributed by atoms with Crippen LogP contribution in [0.5, 0.6) is 5.75 Å². The third-order valence-electron chi connectivity index (χ3n) is 6.02. The van der Waals surface area contributed by atoms with Crippen molar-refractivity contribution in [3.63, 3.8) is 0 Å². The Balaban J connectivity index is 1.37. The van der Waals surface area contributed by atoms with E-state index in [0.29, 0.717) is 17.9 Å². The summed E-state index contributed by atoms with van der Waals surface area (Å²) in [6.07, 6.45) is 0. The van der Waals surface area contributed by atoms with E-state index in [1.807, 2.05) is 18.7 Å². The van der Waals surface area contributed by atoms with Crippen molar-refractivity contribution in [2.45, 2.75) is 39.4 Å². The Morgan fingerprint density at radius 3 is 2.59 bits per heavy atom. The van der Waals surface area contributed by atoms with E-state index in [0.717, 1.165) is 29.6 Å². The lowest BCUT2D eigenvalue weighted by atomic mass is 10.1. The fourth-order valence-electron chi connectivity index (χ4n) is 4.21. The van der Waals surface area contributed by atoms with Crippen molar-refractivity contribution in [2.75, 3.05) is 19.7 Å². The van der Waals surface area contributed by atoms with Gasteiger partial charge in [-0.1, -0.05) is 12.1 Å². The zero-order valence-corrected chi connectivity index (χ0v) is 18.5. The fraction of sp³-hybridized carbons (Fsp3) is 0.360. The molecule has 4 rings (SSSR count). The first-order valence-corrected chi connectivity index (χ1v) is 10.8. The number of piperazine rings is 1. The number of benzene rings is 2. The molecule has 1 fully saturated rings. The van der Waals surface area contributed by atoms with Crippen LogP contribution in [-0.4, -0.2) is 47.5 Å². The third-order valence-corrected chi connectivity index (χ3v) is 6.02. The van der Waals surface area contributed by atoms with E-state index in [2.05, 4.69) is 11.8 Å². The summed E-state index contributed by atoms with van der Waals surface area (Å²) in [6.45, 7) is 7.96. The van der Waals surface area contributed by atoms with Gasteiger partial charge in [0.05, 0.1) is 0 Å². The maximum absolute atomic E-state index is 13.2. The number of halogens is 1. The van der Waals surface area contributed by atoms with Gasteiger partial charge >= 0.3 is 5.63 Å². The van der Waals surface area contributed by atoms with Gasteiger partial charge < -0.3 is 14.1 Å². The lowest BCUT2D eigenvalue weighted by Gasteiger charge is -2.44. The molecule has 2 atom stereocenters. The maximum atomic E-state index is 13.2. The smallest absolute Gasteiger partial charge is 0.336 e. The lowest BCUT2D eigenvalue weighted by Crippen LogP contribution is -2.58. The van der Waals surface area contributed by atoms with Crippen molar-refractivity contribution in [3.05, 3.63) is 75.9 Å². The normalized spacial score (nSPS) is 19.3. The number of rotatable bonds is 5. The van der Waals surface area contributed by atoms with E-state index in [9.17, 15) is 14.0 Å². The average Bonchev–Trinajstić information content (AvgIpc) is 2.76. The van der Waals surface area contributed by atoms with Crippen LogP contribution < -0.4 is 10.4 Å². The van der Waals surface area contributed by atoms with Gasteiger partial charge in [0.15, 0.2) is 6.61 Å². The molecule has 2 aromatic carbocycles. The quantitative estimate of drug-likeness (QED) is 0.568. The Morgan fingerprint density at radius 1 is 1.09 bits per heavy atom. The molecule has 7 heteroatoms. The monoisotopic (exact) mass is 438 g/mol. The molecular formula is C25H27FN2O4. The molecule has 2 unspecified atom stereocenters. The molecule has 0 bridgehead atoms. The molecule has 1 aliphatic rings. The molecule has 1 aromatic heterocycles. The number of amides is 1. The highest BCUT2D eigenvalue weighted by Crippen LogP contribution is 2.23. The molecule has 1 aliphatic heterocycles. The Hall–Kier alpha value is -3.19. The van der Waals surface area contributed by atoms with E-state index in [1.165, 1.54) is 18.2 Å². The van der Waals surface area contributed by atoms with Crippen LogP contribution in [0.1, 0.15) is 25.0 Å². The van der Waals surface area contributed by atoms with Gasteiger partial charge in [0, 0.05) is 43.2 Å². The summed E-state index contributed by atoms with van der Waals surface area (Å²) in [5.74, 6) is 0.248. The number of nitrogens with zero attached hydrogens (tertiary/aromatic N) is 2. The summed E-state index contributed by atoms with van der Waals surface area (Å²) in [5.41, 5.74) is 1.96. The number of ether oxygens (including phenoxy) is 1. The molecule has 168 valence electrons. The highest BCUT2D eigenvalue weighted by molar-refractivity contribution is 5.82. The lowest BCUT2D eigenvalue weighted by molar-refractivity contribution is -0.139. The van der Waals surface area contributed by atoms with Crippen LogP contribution in [0.15, 0.2) is 57.7 Å². The highest BCUT2D eigenvalue weighted by atomic mass is 19.1. The van der Waals surface area contributed by atoms with Crippen LogP contribution in [0, 0.1) is 12.7 Å². The van der Waals surface area contributed by atoms with Crippen LogP contribution in [0.3, 0.4) is 0 Å². The molecule has 0 N–H and O–H groups in total. The number of hydrogen-bond donors (Lipinski definition) is 0. The van der Waals surface area contributed by atoms with E-state index >= 15 is 0 Å². The van der Waals surface area contributed by atoms with Gasteiger partial charge in [0.1, 0.15) is 17.1 Å². The highest BCUT2D eigenvalue weighted by Gasteiger charge is 2.32. The zero-order valence-electron chi connectivity index (χ0n) is 18.5. The summed E-state index contributed by atoms with van der Waals surface area (Å²) >= 11 is 0. The fourth-order valence-corrected chi connectivity index (χ4v) is 4.21. The van der Waals surface area contributed by atoms with Crippen molar-refractivity contribution < 1.29 is 18.3 Å². The van der Waals surface area contributed by atoms with Crippen LogP contribution >= 0.6 is 0 Å². The number of fused-ring (bicyclic) bond motifs is 1. The van der Waals surface area contributed by atoms with Gasteiger partial charge in [0.25, 0.3) is 5.91 Å². The summed E-state index contributed by atoms with van der Waals surface area (Å²) in [6, 6.07) is 13.4. The van der Waals surface area contributed by atoms with Crippen LogP contribution in [-0.2, 0) is 11.3 Å². The van der Waals surface area contributed by atoms with Gasteiger partial charge in [-0.05, 0) is 62.2 Å². The standard InChI is InChI=1S/C25H27FN2O4/c1-16-10-25(30)32-23-9-8-21(11-22(16)23)31-15-24(29)28-13-17(2)27(12-18(28)3)14-19-4-6-20(26)7-5-19/h4-11,17-18H,12-15H2,1-3H3.